The van der Waals surface area contributed by atoms with E-state index in [4.69, 9.17) is 0 Å². The molecule has 4 nitrogen and oxygen atoms in total. The first-order chi connectivity index (χ1) is 12.2. The van der Waals surface area contributed by atoms with Gasteiger partial charge in [0.2, 0.25) is 0 Å². The third-order valence-electron chi connectivity index (χ3n) is 4.09. The lowest BCUT2D eigenvalue weighted by atomic mass is 10.0. The number of aliphatic hydroxyl groups is 1. The third kappa shape index (κ3) is 6.59. The lowest BCUT2D eigenvalue weighted by Gasteiger charge is -2.15. The van der Waals surface area contributed by atoms with Gasteiger partial charge in [-0.3, -0.25) is 4.99 Å². The van der Waals surface area contributed by atoms with Crippen LogP contribution in [0, 0.1) is 6.92 Å². The molecule has 2 rings (SSSR count). The van der Waals surface area contributed by atoms with E-state index in [0.717, 1.165) is 31.0 Å². The molecule has 0 aromatic heterocycles. The van der Waals surface area contributed by atoms with Gasteiger partial charge in [0.15, 0.2) is 5.96 Å². The van der Waals surface area contributed by atoms with Crippen molar-refractivity contribution in [1.29, 1.82) is 0 Å². The zero-order valence-corrected chi connectivity index (χ0v) is 15.2. The number of rotatable bonds is 8. The quantitative estimate of drug-likeness (QED) is 0.512. The zero-order chi connectivity index (χ0) is 17.9. The van der Waals surface area contributed by atoms with Crippen LogP contribution in [0.25, 0.3) is 0 Å². The monoisotopic (exact) mass is 339 g/mol. The van der Waals surface area contributed by atoms with Gasteiger partial charge in [-0.1, -0.05) is 60.2 Å². The highest BCUT2D eigenvalue weighted by Crippen LogP contribution is 2.14. The van der Waals surface area contributed by atoms with Gasteiger partial charge in [-0.25, -0.2) is 0 Å². The summed E-state index contributed by atoms with van der Waals surface area (Å²) in [6.07, 6.45) is 0.953. The van der Waals surface area contributed by atoms with Crippen LogP contribution in [0.3, 0.4) is 0 Å². The molecular formula is C21H29N3O. The van der Waals surface area contributed by atoms with E-state index < -0.39 is 0 Å². The molecule has 0 aliphatic heterocycles. The van der Waals surface area contributed by atoms with E-state index in [1.54, 1.807) is 0 Å². The second-order valence-electron chi connectivity index (χ2n) is 6.18. The van der Waals surface area contributed by atoms with E-state index in [0.29, 0.717) is 6.54 Å². The molecule has 0 spiro atoms. The van der Waals surface area contributed by atoms with Crippen molar-refractivity contribution in [3.05, 3.63) is 71.3 Å². The number of aliphatic hydroxyl groups excluding tert-OH is 1. The summed E-state index contributed by atoms with van der Waals surface area (Å²) in [6, 6.07) is 18.6. The maximum Gasteiger partial charge on any atom is 0.191 e. The summed E-state index contributed by atoms with van der Waals surface area (Å²) in [4.78, 5) is 4.64. The summed E-state index contributed by atoms with van der Waals surface area (Å²) in [6.45, 7) is 6.45. The van der Waals surface area contributed by atoms with Crippen LogP contribution in [0.5, 0.6) is 0 Å². The molecular weight excluding hydrogens is 310 g/mol. The van der Waals surface area contributed by atoms with Gasteiger partial charge < -0.3 is 15.7 Å². The summed E-state index contributed by atoms with van der Waals surface area (Å²) >= 11 is 0. The van der Waals surface area contributed by atoms with Crippen molar-refractivity contribution in [1.82, 2.24) is 10.6 Å². The number of hydrogen-bond acceptors (Lipinski definition) is 2. The van der Waals surface area contributed by atoms with Crippen molar-refractivity contribution in [2.45, 2.75) is 26.2 Å². The molecule has 134 valence electrons. The number of guanidine groups is 1. The molecule has 1 atom stereocenters. The van der Waals surface area contributed by atoms with E-state index in [2.05, 4.69) is 53.7 Å². The van der Waals surface area contributed by atoms with Crippen molar-refractivity contribution in [2.24, 2.45) is 4.99 Å². The zero-order valence-electron chi connectivity index (χ0n) is 15.2. The van der Waals surface area contributed by atoms with Crippen LogP contribution in [-0.2, 0) is 6.42 Å². The number of nitrogens with zero attached hydrogens (tertiary/aromatic N) is 1. The number of nitrogens with one attached hydrogen (secondary N) is 2. The highest BCUT2D eigenvalue weighted by atomic mass is 16.3. The highest BCUT2D eigenvalue weighted by Gasteiger charge is 2.09. The minimum atomic E-state index is 0.0217. The van der Waals surface area contributed by atoms with Crippen LogP contribution in [0.1, 0.15) is 29.5 Å². The van der Waals surface area contributed by atoms with Gasteiger partial charge in [0.05, 0.1) is 13.2 Å². The lowest BCUT2D eigenvalue weighted by Crippen LogP contribution is -2.38. The van der Waals surface area contributed by atoms with Crippen molar-refractivity contribution >= 4 is 5.96 Å². The van der Waals surface area contributed by atoms with E-state index in [1.165, 1.54) is 11.1 Å². The van der Waals surface area contributed by atoms with E-state index in [9.17, 15) is 5.11 Å². The van der Waals surface area contributed by atoms with Crippen molar-refractivity contribution in [3.8, 4) is 0 Å². The fraction of sp³-hybridized carbons (Fsp3) is 0.381. The van der Waals surface area contributed by atoms with E-state index >= 15 is 0 Å². The second kappa shape index (κ2) is 10.5. The molecule has 0 amide bonds. The SMILES string of the molecule is CCNC(=NCC(CO)c1ccccc1)NCCc1cccc(C)c1. The van der Waals surface area contributed by atoms with E-state index in [1.807, 2.05) is 30.3 Å². The molecule has 0 saturated heterocycles. The summed E-state index contributed by atoms with van der Waals surface area (Å²) in [5.74, 6) is 0.818. The molecule has 0 heterocycles. The first kappa shape index (κ1) is 19.0. The van der Waals surface area contributed by atoms with Crippen LogP contribution in [-0.4, -0.2) is 37.3 Å². The molecule has 0 aliphatic rings. The van der Waals surface area contributed by atoms with Gasteiger partial charge in [-0.2, -0.15) is 0 Å². The third-order valence-corrected chi connectivity index (χ3v) is 4.09. The minimum absolute atomic E-state index is 0.0217. The number of aryl methyl sites for hydroxylation is 1. The largest absolute Gasteiger partial charge is 0.396 e. The van der Waals surface area contributed by atoms with Gasteiger partial charge in [0, 0.05) is 19.0 Å². The average molecular weight is 339 g/mol. The first-order valence-electron chi connectivity index (χ1n) is 8.96. The van der Waals surface area contributed by atoms with Crippen LogP contribution >= 0.6 is 0 Å². The molecule has 0 aliphatic carbocycles. The Labute approximate surface area is 151 Å². The maximum atomic E-state index is 9.66. The Balaban J connectivity index is 1.90. The van der Waals surface area contributed by atoms with Gasteiger partial charge in [0.1, 0.15) is 0 Å². The van der Waals surface area contributed by atoms with Crippen LogP contribution in [0.2, 0.25) is 0 Å². The minimum Gasteiger partial charge on any atom is -0.396 e. The Bertz CT molecular complexity index is 655. The molecule has 2 aromatic carbocycles. The molecule has 4 heteroatoms. The van der Waals surface area contributed by atoms with Gasteiger partial charge >= 0.3 is 0 Å². The van der Waals surface area contributed by atoms with Crippen LogP contribution in [0.4, 0.5) is 0 Å². The number of aliphatic imine (C=N–C) groups is 1. The normalized spacial score (nSPS) is 12.7. The summed E-state index contributed by atoms with van der Waals surface area (Å²) in [5, 5.41) is 16.3. The van der Waals surface area contributed by atoms with Crippen LogP contribution in [0.15, 0.2) is 59.6 Å². The fourth-order valence-electron chi connectivity index (χ4n) is 2.73. The molecule has 0 bridgehead atoms. The first-order valence-corrected chi connectivity index (χ1v) is 8.96. The number of hydrogen-bond donors (Lipinski definition) is 3. The smallest absolute Gasteiger partial charge is 0.191 e. The maximum absolute atomic E-state index is 9.66. The van der Waals surface area contributed by atoms with Crippen LogP contribution < -0.4 is 10.6 Å². The summed E-state index contributed by atoms with van der Waals surface area (Å²) in [7, 11) is 0. The predicted octanol–water partition coefficient (Wildman–Crippen LogP) is 2.87. The predicted molar refractivity (Wildman–Crippen MR) is 105 cm³/mol. The van der Waals surface area contributed by atoms with Crippen molar-refractivity contribution < 1.29 is 5.11 Å². The fourth-order valence-corrected chi connectivity index (χ4v) is 2.73. The van der Waals surface area contributed by atoms with Gasteiger partial charge in [-0.05, 0) is 31.4 Å². The standard InChI is InChI=1S/C21H29N3O/c1-3-22-21(23-13-12-18-9-7-8-17(2)14-18)24-15-20(16-25)19-10-5-4-6-11-19/h4-11,14,20,25H,3,12-13,15-16H2,1-2H3,(H2,22,23,24). The van der Waals surface area contributed by atoms with Gasteiger partial charge in [0.25, 0.3) is 0 Å². The second-order valence-corrected chi connectivity index (χ2v) is 6.18. The Morgan fingerprint density at radius 3 is 2.56 bits per heavy atom. The Hall–Kier alpha value is -2.33. The summed E-state index contributed by atoms with van der Waals surface area (Å²) < 4.78 is 0. The molecule has 0 saturated carbocycles. The number of benzene rings is 2. The van der Waals surface area contributed by atoms with E-state index in [-0.39, 0.29) is 12.5 Å². The average Bonchev–Trinajstić information content (AvgIpc) is 2.63. The Morgan fingerprint density at radius 2 is 1.88 bits per heavy atom. The van der Waals surface area contributed by atoms with Crippen molar-refractivity contribution in [3.63, 3.8) is 0 Å². The topological polar surface area (TPSA) is 56.7 Å². The Kier molecular flexibility index (Phi) is 7.99. The lowest BCUT2D eigenvalue weighted by molar-refractivity contribution is 0.268. The molecule has 2 aromatic rings. The Morgan fingerprint density at radius 1 is 1.08 bits per heavy atom. The highest BCUT2D eigenvalue weighted by molar-refractivity contribution is 5.79. The molecule has 1 unspecified atom stereocenters. The molecule has 0 radical (unpaired) electrons. The molecule has 25 heavy (non-hydrogen) atoms. The summed E-state index contributed by atoms with van der Waals surface area (Å²) in [5.41, 5.74) is 3.72. The molecule has 0 fully saturated rings. The molecule has 3 N–H and O–H groups in total. The van der Waals surface area contributed by atoms with Crippen molar-refractivity contribution in [2.75, 3.05) is 26.2 Å². The van der Waals surface area contributed by atoms with Gasteiger partial charge in [-0.15, -0.1) is 0 Å².